The van der Waals surface area contributed by atoms with Gasteiger partial charge < -0.3 is 10.1 Å². The molecule has 142 valence electrons. The summed E-state index contributed by atoms with van der Waals surface area (Å²) in [6.45, 7) is 2.42. The highest BCUT2D eigenvalue weighted by molar-refractivity contribution is 7.90. The van der Waals surface area contributed by atoms with Gasteiger partial charge in [0.1, 0.15) is 10.6 Å². The highest BCUT2D eigenvalue weighted by Crippen LogP contribution is 2.30. The van der Waals surface area contributed by atoms with Gasteiger partial charge in [-0.25, -0.2) is 12.7 Å². The lowest BCUT2D eigenvalue weighted by Crippen LogP contribution is -2.31. The molecule has 0 bridgehead atoms. The molecule has 0 fully saturated rings. The number of hydrogen-bond donors (Lipinski definition) is 1. The Balaban J connectivity index is 1.54. The van der Waals surface area contributed by atoms with E-state index in [1.165, 1.54) is 12.1 Å². The van der Waals surface area contributed by atoms with Gasteiger partial charge in [0.25, 0.3) is 15.9 Å². The second-order valence-corrected chi connectivity index (χ2v) is 7.82. The average molecular weight is 388 g/mol. The van der Waals surface area contributed by atoms with E-state index in [0.29, 0.717) is 18.0 Å². The molecule has 0 aliphatic carbocycles. The highest BCUT2D eigenvalue weighted by atomic mass is 32.2. The number of rotatable bonds is 7. The van der Waals surface area contributed by atoms with E-state index >= 15 is 0 Å². The predicted molar refractivity (Wildman–Crippen MR) is 100 cm³/mol. The molecule has 1 aliphatic rings. The first-order valence-corrected chi connectivity index (χ1v) is 10.1. The number of fused-ring (bicyclic) bond motifs is 1. The minimum atomic E-state index is -3.82. The molecule has 0 radical (unpaired) electrons. The molecule has 0 aromatic heterocycles. The van der Waals surface area contributed by atoms with Crippen molar-refractivity contribution in [3.05, 3.63) is 54.1 Å². The molecule has 7 nitrogen and oxygen atoms in total. The molecule has 0 unspecified atom stereocenters. The molecule has 27 heavy (non-hydrogen) atoms. The van der Waals surface area contributed by atoms with Gasteiger partial charge in [-0.1, -0.05) is 12.1 Å². The molecule has 0 spiro atoms. The lowest BCUT2D eigenvalue weighted by Gasteiger charge is -2.14. The van der Waals surface area contributed by atoms with E-state index in [1.807, 2.05) is 6.92 Å². The topological polar surface area (TPSA) is 92.8 Å². The maximum absolute atomic E-state index is 12.4. The number of carbonyl (C=O) groups excluding carboxylic acids is 2. The first-order chi connectivity index (χ1) is 12.9. The highest BCUT2D eigenvalue weighted by Gasteiger charge is 2.40. The Hall–Kier alpha value is -2.87. The van der Waals surface area contributed by atoms with Crippen LogP contribution in [-0.2, 0) is 14.8 Å². The van der Waals surface area contributed by atoms with Crippen molar-refractivity contribution in [2.24, 2.45) is 0 Å². The summed E-state index contributed by atoms with van der Waals surface area (Å²) >= 11 is 0. The minimum absolute atomic E-state index is 0.0221. The SMILES string of the molecule is CCOc1ccc(NC(=O)CCCN2C(=O)c3ccccc3S2(=O)=O)cc1. The third-order valence-corrected chi connectivity index (χ3v) is 5.97. The number of sulfonamides is 1. The van der Waals surface area contributed by atoms with Gasteiger partial charge in [-0.05, 0) is 49.7 Å². The molecule has 2 amide bonds. The lowest BCUT2D eigenvalue weighted by molar-refractivity contribution is -0.116. The predicted octanol–water partition coefficient (Wildman–Crippen LogP) is 2.65. The van der Waals surface area contributed by atoms with Gasteiger partial charge in [-0.15, -0.1) is 0 Å². The standard InChI is InChI=1S/C19H20N2O5S/c1-2-26-15-11-9-14(10-12-15)20-18(22)8-5-13-21-19(23)16-6-3-4-7-17(16)27(21,24)25/h3-4,6-7,9-12H,2,5,8,13H2,1H3,(H,20,22). The molecule has 1 aliphatic heterocycles. The average Bonchev–Trinajstić information content (AvgIpc) is 2.84. The molecule has 0 saturated carbocycles. The minimum Gasteiger partial charge on any atom is -0.494 e. The Bertz CT molecular complexity index is 954. The Kier molecular flexibility index (Phi) is 5.46. The van der Waals surface area contributed by atoms with Crippen LogP contribution in [-0.4, -0.2) is 37.7 Å². The molecule has 3 rings (SSSR count). The Labute approximate surface area is 158 Å². The zero-order valence-corrected chi connectivity index (χ0v) is 15.7. The van der Waals surface area contributed by atoms with Crippen LogP contribution in [0.2, 0.25) is 0 Å². The van der Waals surface area contributed by atoms with Crippen LogP contribution in [0.15, 0.2) is 53.4 Å². The van der Waals surface area contributed by atoms with Crippen LogP contribution in [0.5, 0.6) is 5.75 Å². The number of nitrogens with one attached hydrogen (secondary N) is 1. The Morgan fingerprint density at radius 2 is 1.81 bits per heavy atom. The van der Waals surface area contributed by atoms with Gasteiger partial charge >= 0.3 is 0 Å². The summed E-state index contributed by atoms with van der Waals surface area (Å²) in [6, 6.07) is 13.1. The van der Waals surface area contributed by atoms with Crippen molar-refractivity contribution in [3.63, 3.8) is 0 Å². The van der Waals surface area contributed by atoms with Crippen molar-refractivity contribution in [2.45, 2.75) is 24.7 Å². The Morgan fingerprint density at radius 1 is 1.11 bits per heavy atom. The summed E-state index contributed by atoms with van der Waals surface area (Å²) in [5.41, 5.74) is 0.803. The third kappa shape index (κ3) is 3.95. The number of nitrogens with zero attached hydrogens (tertiary/aromatic N) is 1. The molecule has 2 aromatic rings. The number of carbonyl (C=O) groups is 2. The third-order valence-electron chi connectivity index (χ3n) is 4.13. The van der Waals surface area contributed by atoms with Crippen LogP contribution < -0.4 is 10.1 Å². The number of ether oxygens (including phenoxy) is 1. The first kappa shape index (κ1) is 18.9. The van der Waals surface area contributed by atoms with Gasteiger partial charge in [-0.2, -0.15) is 0 Å². The summed E-state index contributed by atoms with van der Waals surface area (Å²) in [5, 5.41) is 2.74. The van der Waals surface area contributed by atoms with Gasteiger partial charge in [0, 0.05) is 18.7 Å². The molecule has 1 N–H and O–H groups in total. The van der Waals surface area contributed by atoms with E-state index in [0.717, 1.165) is 4.31 Å². The molecule has 0 saturated heterocycles. The fourth-order valence-corrected chi connectivity index (χ4v) is 4.47. The van der Waals surface area contributed by atoms with Crippen LogP contribution in [0.4, 0.5) is 5.69 Å². The number of hydrogen-bond acceptors (Lipinski definition) is 5. The van der Waals surface area contributed by atoms with Crippen LogP contribution in [0.25, 0.3) is 0 Å². The van der Waals surface area contributed by atoms with Gasteiger partial charge in [-0.3, -0.25) is 9.59 Å². The summed E-state index contributed by atoms with van der Waals surface area (Å²) in [6.07, 6.45) is 0.338. The number of anilines is 1. The number of amides is 2. The smallest absolute Gasteiger partial charge is 0.269 e. The fourth-order valence-electron chi connectivity index (χ4n) is 2.86. The van der Waals surface area contributed by atoms with E-state index in [1.54, 1.807) is 36.4 Å². The fraction of sp³-hybridized carbons (Fsp3) is 0.263. The zero-order chi connectivity index (χ0) is 19.4. The summed E-state index contributed by atoms with van der Waals surface area (Å²) < 4.78 is 31.1. The Morgan fingerprint density at radius 3 is 2.48 bits per heavy atom. The molecule has 8 heteroatoms. The maximum Gasteiger partial charge on any atom is 0.269 e. The van der Waals surface area contributed by atoms with E-state index in [9.17, 15) is 18.0 Å². The van der Waals surface area contributed by atoms with Crippen molar-refractivity contribution in [1.29, 1.82) is 0 Å². The van der Waals surface area contributed by atoms with E-state index < -0.39 is 15.9 Å². The molecule has 2 aromatic carbocycles. The normalized spacial score (nSPS) is 14.7. The molecule has 0 atom stereocenters. The van der Waals surface area contributed by atoms with Crippen LogP contribution in [0.1, 0.15) is 30.1 Å². The van der Waals surface area contributed by atoms with Gasteiger partial charge in [0.2, 0.25) is 5.91 Å². The van der Waals surface area contributed by atoms with E-state index in [4.69, 9.17) is 4.74 Å². The van der Waals surface area contributed by atoms with Crippen molar-refractivity contribution >= 4 is 27.5 Å². The molecule has 1 heterocycles. The van der Waals surface area contributed by atoms with E-state index in [-0.39, 0.29) is 35.8 Å². The summed E-state index contributed by atoms with van der Waals surface area (Å²) in [5.74, 6) is -0.0777. The van der Waals surface area contributed by atoms with Gasteiger partial charge in [0.05, 0.1) is 12.2 Å². The van der Waals surface area contributed by atoms with E-state index in [2.05, 4.69) is 5.32 Å². The van der Waals surface area contributed by atoms with Crippen LogP contribution >= 0.6 is 0 Å². The second kappa shape index (κ2) is 7.79. The first-order valence-electron chi connectivity index (χ1n) is 8.62. The zero-order valence-electron chi connectivity index (χ0n) is 14.8. The van der Waals surface area contributed by atoms with Crippen LogP contribution in [0.3, 0.4) is 0 Å². The van der Waals surface area contributed by atoms with Crippen molar-refractivity contribution in [2.75, 3.05) is 18.5 Å². The number of benzene rings is 2. The quantitative estimate of drug-likeness (QED) is 0.787. The monoisotopic (exact) mass is 388 g/mol. The van der Waals surface area contributed by atoms with Crippen LogP contribution in [0, 0.1) is 0 Å². The molecular formula is C19H20N2O5S. The second-order valence-electron chi connectivity index (χ2n) is 5.99. The van der Waals surface area contributed by atoms with Gasteiger partial charge in [0.15, 0.2) is 0 Å². The largest absolute Gasteiger partial charge is 0.494 e. The molecular weight excluding hydrogens is 368 g/mol. The van der Waals surface area contributed by atoms with Crippen molar-refractivity contribution < 1.29 is 22.7 Å². The van der Waals surface area contributed by atoms with Crippen molar-refractivity contribution in [3.8, 4) is 5.75 Å². The lowest BCUT2D eigenvalue weighted by atomic mass is 10.2. The summed E-state index contributed by atoms with van der Waals surface area (Å²) in [7, 11) is -3.82. The van der Waals surface area contributed by atoms with Crippen molar-refractivity contribution in [1.82, 2.24) is 4.31 Å². The maximum atomic E-state index is 12.4. The summed E-state index contributed by atoms with van der Waals surface area (Å²) in [4.78, 5) is 24.4.